The van der Waals surface area contributed by atoms with E-state index in [1.165, 1.54) is 6.20 Å². The van der Waals surface area contributed by atoms with Crippen molar-refractivity contribution in [1.82, 2.24) is 14.9 Å². The van der Waals surface area contributed by atoms with Crippen molar-refractivity contribution in [3.8, 4) is 0 Å². The highest BCUT2D eigenvalue weighted by atomic mass is 79.9. The monoisotopic (exact) mass is 323 g/mol. The van der Waals surface area contributed by atoms with Crippen LogP contribution in [-0.4, -0.2) is 29.5 Å². The molecule has 0 aliphatic heterocycles. The molecule has 0 amide bonds. The van der Waals surface area contributed by atoms with E-state index in [4.69, 9.17) is 0 Å². The largest absolute Gasteiger partial charge is 0.281 e. The fourth-order valence-corrected chi connectivity index (χ4v) is 4.36. The first-order valence-corrected chi connectivity index (χ1v) is 8.11. The molecule has 0 saturated heterocycles. The molecule has 7 heteroatoms. The predicted octanol–water partition coefficient (Wildman–Crippen LogP) is 1.95. The molecule has 1 aromatic rings. The normalized spacial score (nSPS) is 12.9. The van der Waals surface area contributed by atoms with Crippen molar-refractivity contribution < 1.29 is 8.42 Å². The van der Waals surface area contributed by atoms with Gasteiger partial charge in [-0.2, -0.15) is 5.10 Å². The Morgan fingerprint density at radius 2 is 2.06 bits per heavy atom. The van der Waals surface area contributed by atoms with Gasteiger partial charge in [-0.25, -0.2) is 13.1 Å². The van der Waals surface area contributed by atoms with Gasteiger partial charge in [-0.1, -0.05) is 29.8 Å². The smallest absolute Gasteiger partial charge is 0.244 e. The van der Waals surface area contributed by atoms with Gasteiger partial charge in [-0.3, -0.25) is 5.10 Å². The van der Waals surface area contributed by atoms with E-state index < -0.39 is 15.6 Å². The SMILES string of the molecule is CCC(CC)(CBr)NS(=O)(=O)c1cn[nH]c1C. The molecule has 1 rings (SSSR count). The van der Waals surface area contributed by atoms with E-state index in [2.05, 4.69) is 30.8 Å². The summed E-state index contributed by atoms with van der Waals surface area (Å²) in [6, 6.07) is 0. The maximum absolute atomic E-state index is 12.2. The molecular formula is C10H18BrN3O2S. The molecule has 0 aromatic carbocycles. The molecular weight excluding hydrogens is 306 g/mol. The van der Waals surface area contributed by atoms with Crippen molar-refractivity contribution in [2.24, 2.45) is 0 Å². The summed E-state index contributed by atoms with van der Waals surface area (Å²) >= 11 is 3.38. The minimum Gasteiger partial charge on any atom is -0.281 e. The van der Waals surface area contributed by atoms with Crippen LogP contribution in [0.15, 0.2) is 11.1 Å². The lowest BCUT2D eigenvalue weighted by atomic mass is 9.97. The highest BCUT2D eigenvalue weighted by Crippen LogP contribution is 2.22. The Hall–Kier alpha value is -0.400. The zero-order chi connectivity index (χ0) is 13.1. The first-order chi connectivity index (χ1) is 7.90. The van der Waals surface area contributed by atoms with Crippen LogP contribution in [0, 0.1) is 6.92 Å². The number of halogens is 1. The maximum atomic E-state index is 12.2. The summed E-state index contributed by atoms with van der Waals surface area (Å²) in [5.74, 6) is 0. The Kier molecular flexibility index (Phi) is 4.74. The lowest BCUT2D eigenvalue weighted by Gasteiger charge is -2.30. The minimum absolute atomic E-state index is 0.213. The van der Waals surface area contributed by atoms with Crippen LogP contribution >= 0.6 is 15.9 Å². The van der Waals surface area contributed by atoms with Gasteiger partial charge in [0.15, 0.2) is 0 Å². The third-order valence-corrected chi connectivity index (χ3v) is 5.80. The third kappa shape index (κ3) is 3.08. The number of nitrogens with one attached hydrogen (secondary N) is 2. The van der Waals surface area contributed by atoms with E-state index in [-0.39, 0.29) is 4.90 Å². The molecule has 1 heterocycles. The molecule has 98 valence electrons. The van der Waals surface area contributed by atoms with Gasteiger partial charge in [0.05, 0.1) is 11.9 Å². The lowest BCUT2D eigenvalue weighted by molar-refractivity contribution is 0.398. The van der Waals surface area contributed by atoms with Crippen LogP contribution in [0.3, 0.4) is 0 Å². The van der Waals surface area contributed by atoms with Gasteiger partial charge in [0.25, 0.3) is 0 Å². The molecule has 17 heavy (non-hydrogen) atoms. The van der Waals surface area contributed by atoms with Crippen molar-refractivity contribution in [2.75, 3.05) is 5.33 Å². The van der Waals surface area contributed by atoms with Crippen LogP contribution in [0.5, 0.6) is 0 Å². The van der Waals surface area contributed by atoms with Gasteiger partial charge in [0, 0.05) is 10.9 Å². The Bertz CT molecular complexity index is 457. The average Bonchev–Trinajstić information content (AvgIpc) is 2.73. The van der Waals surface area contributed by atoms with Gasteiger partial charge in [0.1, 0.15) is 4.90 Å². The second kappa shape index (κ2) is 5.49. The summed E-state index contributed by atoms with van der Waals surface area (Å²) in [5, 5.41) is 6.96. The van der Waals surface area contributed by atoms with Crippen LogP contribution in [0.2, 0.25) is 0 Å². The first kappa shape index (κ1) is 14.7. The van der Waals surface area contributed by atoms with Crippen molar-refractivity contribution >= 4 is 26.0 Å². The fraction of sp³-hybridized carbons (Fsp3) is 0.700. The van der Waals surface area contributed by atoms with Crippen molar-refractivity contribution in [2.45, 2.75) is 44.0 Å². The molecule has 0 spiro atoms. The number of rotatable bonds is 6. The van der Waals surface area contributed by atoms with Gasteiger partial charge in [-0.15, -0.1) is 0 Å². The molecule has 5 nitrogen and oxygen atoms in total. The lowest BCUT2D eigenvalue weighted by Crippen LogP contribution is -2.48. The number of alkyl halides is 1. The topological polar surface area (TPSA) is 74.8 Å². The van der Waals surface area contributed by atoms with E-state index >= 15 is 0 Å². The van der Waals surface area contributed by atoms with Crippen LogP contribution in [0.25, 0.3) is 0 Å². The Labute approximate surface area is 111 Å². The standard InChI is InChI=1S/C10H18BrN3O2S/c1-4-10(5-2,7-11)14-17(15,16)9-6-12-13-8(9)3/h6,14H,4-5,7H2,1-3H3,(H,12,13). The fourth-order valence-electron chi connectivity index (χ4n) is 1.56. The number of aromatic amines is 1. The molecule has 0 aliphatic rings. The van der Waals surface area contributed by atoms with E-state index in [0.29, 0.717) is 11.0 Å². The molecule has 0 radical (unpaired) electrons. The number of hydrogen-bond donors (Lipinski definition) is 2. The van der Waals surface area contributed by atoms with Crippen LogP contribution < -0.4 is 4.72 Å². The number of nitrogens with zero attached hydrogens (tertiary/aromatic N) is 1. The molecule has 0 fully saturated rings. The van der Waals surface area contributed by atoms with Crippen molar-refractivity contribution in [1.29, 1.82) is 0 Å². The summed E-state index contributed by atoms with van der Waals surface area (Å²) in [6.07, 6.45) is 2.79. The van der Waals surface area contributed by atoms with Crippen LogP contribution in [-0.2, 0) is 10.0 Å². The Balaban J connectivity index is 3.05. The van der Waals surface area contributed by atoms with Gasteiger partial charge >= 0.3 is 0 Å². The number of aryl methyl sites for hydroxylation is 1. The second-order valence-electron chi connectivity index (χ2n) is 4.09. The number of H-pyrrole nitrogens is 1. The summed E-state index contributed by atoms with van der Waals surface area (Å²) < 4.78 is 27.2. The molecule has 0 bridgehead atoms. The maximum Gasteiger partial charge on any atom is 0.244 e. The van der Waals surface area contributed by atoms with Crippen molar-refractivity contribution in [3.63, 3.8) is 0 Å². The van der Waals surface area contributed by atoms with Gasteiger partial charge < -0.3 is 0 Å². The van der Waals surface area contributed by atoms with E-state index in [0.717, 1.165) is 12.8 Å². The predicted molar refractivity (Wildman–Crippen MR) is 70.8 cm³/mol. The van der Waals surface area contributed by atoms with Crippen LogP contribution in [0.1, 0.15) is 32.4 Å². The molecule has 1 aromatic heterocycles. The summed E-state index contributed by atoms with van der Waals surface area (Å²) in [5.41, 5.74) is 0.107. The Morgan fingerprint density at radius 3 is 2.41 bits per heavy atom. The molecule has 0 saturated carbocycles. The quantitative estimate of drug-likeness (QED) is 0.786. The highest BCUT2D eigenvalue weighted by Gasteiger charge is 2.32. The van der Waals surface area contributed by atoms with Gasteiger partial charge in [0.2, 0.25) is 10.0 Å². The van der Waals surface area contributed by atoms with Crippen LogP contribution in [0.4, 0.5) is 0 Å². The minimum atomic E-state index is -3.52. The Morgan fingerprint density at radius 1 is 1.47 bits per heavy atom. The molecule has 2 N–H and O–H groups in total. The van der Waals surface area contributed by atoms with Gasteiger partial charge in [-0.05, 0) is 19.8 Å². The zero-order valence-electron chi connectivity index (χ0n) is 10.2. The summed E-state index contributed by atoms with van der Waals surface area (Å²) in [6.45, 7) is 5.63. The van der Waals surface area contributed by atoms with E-state index in [9.17, 15) is 8.42 Å². The van der Waals surface area contributed by atoms with Crippen molar-refractivity contribution in [3.05, 3.63) is 11.9 Å². The molecule has 0 unspecified atom stereocenters. The van der Waals surface area contributed by atoms with E-state index in [1.54, 1.807) is 6.92 Å². The highest BCUT2D eigenvalue weighted by molar-refractivity contribution is 9.09. The zero-order valence-corrected chi connectivity index (χ0v) is 12.7. The number of hydrogen-bond acceptors (Lipinski definition) is 3. The second-order valence-corrected chi connectivity index (χ2v) is 6.30. The summed E-state index contributed by atoms with van der Waals surface area (Å²) in [7, 11) is -3.52. The molecule has 0 atom stereocenters. The number of sulfonamides is 1. The first-order valence-electron chi connectivity index (χ1n) is 5.50. The third-order valence-electron chi connectivity index (χ3n) is 3.03. The molecule has 0 aliphatic carbocycles. The summed E-state index contributed by atoms with van der Waals surface area (Å²) in [4.78, 5) is 0.213. The van der Waals surface area contributed by atoms with E-state index in [1.807, 2.05) is 13.8 Å². The average molecular weight is 324 g/mol. The number of aromatic nitrogens is 2.